The lowest BCUT2D eigenvalue weighted by Crippen LogP contribution is -2.30. The van der Waals surface area contributed by atoms with E-state index in [4.69, 9.17) is 17.0 Å². The summed E-state index contributed by atoms with van der Waals surface area (Å²) >= 11 is 5.33. The number of anilines is 2. The van der Waals surface area contributed by atoms with E-state index in [0.717, 1.165) is 39.9 Å². The smallest absolute Gasteiger partial charge is 0.170 e. The van der Waals surface area contributed by atoms with Crippen LogP contribution in [0.15, 0.2) is 42.5 Å². The van der Waals surface area contributed by atoms with Gasteiger partial charge in [-0.2, -0.15) is 5.26 Å². The Hall–Kier alpha value is -3.37. The molecule has 1 aromatic heterocycles. The molecule has 0 aliphatic carbocycles. The van der Waals surface area contributed by atoms with Gasteiger partial charge in [0, 0.05) is 24.2 Å². The highest BCUT2D eigenvalue weighted by molar-refractivity contribution is 7.80. The molecule has 2 aromatic carbocycles. The van der Waals surface area contributed by atoms with Crippen molar-refractivity contribution in [2.45, 2.75) is 20.3 Å². The molecule has 0 fully saturated rings. The highest BCUT2D eigenvalue weighted by Gasteiger charge is 2.09. The molecule has 3 aromatic rings. The fourth-order valence-corrected chi connectivity index (χ4v) is 3.44. The maximum absolute atomic E-state index is 9.49. The number of aromatic nitrogens is 1. The first kappa shape index (κ1) is 21.3. The van der Waals surface area contributed by atoms with Crippen molar-refractivity contribution in [2.24, 2.45) is 0 Å². The summed E-state index contributed by atoms with van der Waals surface area (Å²) in [5.74, 6) is 1.42. The number of rotatable bonds is 7. The number of fused-ring (bicyclic) bond motifs is 1. The van der Waals surface area contributed by atoms with Gasteiger partial charge in [-0.05, 0) is 74.4 Å². The zero-order valence-corrected chi connectivity index (χ0v) is 18.2. The van der Waals surface area contributed by atoms with Gasteiger partial charge >= 0.3 is 0 Å². The summed E-state index contributed by atoms with van der Waals surface area (Å²) in [7, 11) is 1.64. The first-order valence-corrected chi connectivity index (χ1v) is 10.2. The number of pyridine rings is 1. The predicted molar refractivity (Wildman–Crippen MR) is 126 cm³/mol. The zero-order chi connectivity index (χ0) is 21.5. The van der Waals surface area contributed by atoms with Crippen LogP contribution in [0.4, 0.5) is 11.5 Å². The molecule has 1 heterocycles. The van der Waals surface area contributed by atoms with Crippen molar-refractivity contribution in [2.75, 3.05) is 30.8 Å². The highest BCUT2D eigenvalue weighted by atomic mass is 32.1. The van der Waals surface area contributed by atoms with Gasteiger partial charge < -0.3 is 20.7 Å². The molecule has 154 valence electrons. The predicted octanol–water partition coefficient (Wildman–Crippen LogP) is 4.52. The lowest BCUT2D eigenvalue weighted by Gasteiger charge is -2.13. The number of benzene rings is 2. The molecule has 0 amide bonds. The number of thiocarbonyl (C=S) groups is 1. The van der Waals surface area contributed by atoms with Crippen LogP contribution < -0.4 is 20.7 Å². The number of nitriles is 1. The first-order chi connectivity index (χ1) is 14.5. The van der Waals surface area contributed by atoms with Crippen molar-refractivity contribution >= 4 is 39.7 Å². The van der Waals surface area contributed by atoms with Gasteiger partial charge in [0.05, 0.1) is 18.2 Å². The fourth-order valence-electron chi connectivity index (χ4n) is 3.22. The number of methoxy groups -OCH3 is 1. The van der Waals surface area contributed by atoms with Crippen LogP contribution in [-0.2, 0) is 0 Å². The Morgan fingerprint density at radius 1 is 1.13 bits per heavy atom. The Kier molecular flexibility index (Phi) is 7.04. The van der Waals surface area contributed by atoms with Crippen LogP contribution in [0, 0.1) is 25.2 Å². The van der Waals surface area contributed by atoms with E-state index in [-0.39, 0.29) is 0 Å². The Morgan fingerprint density at radius 2 is 1.90 bits per heavy atom. The third-order valence-electron chi connectivity index (χ3n) is 4.65. The van der Waals surface area contributed by atoms with Crippen LogP contribution in [0.1, 0.15) is 23.1 Å². The molecule has 30 heavy (non-hydrogen) atoms. The lowest BCUT2D eigenvalue weighted by atomic mass is 10.1. The van der Waals surface area contributed by atoms with Gasteiger partial charge in [0.1, 0.15) is 17.6 Å². The minimum atomic E-state index is 0.553. The number of nitrogens with zero attached hydrogens (tertiary/aromatic N) is 2. The summed E-state index contributed by atoms with van der Waals surface area (Å²) < 4.78 is 5.15. The molecule has 7 heteroatoms. The van der Waals surface area contributed by atoms with E-state index < -0.39 is 0 Å². The van der Waals surface area contributed by atoms with Crippen molar-refractivity contribution in [3.63, 3.8) is 0 Å². The van der Waals surface area contributed by atoms with Crippen LogP contribution in [-0.4, -0.2) is 30.3 Å². The van der Waals surface area contributed by atoms with Crippen molar-refractivity contribution < 1.29 is 4.74 Å². The van der Waals surface area contributed by atoms with E-state index in [1.165, 1.54) is 0 Å². The van der Waals surface area contributed by atoms with Gasteiger partial charge in [0.25, 0.3) is 0 Å². The Bertz CT molecular complexity index is 1090. The van der Waals surface area contributed by atoms with Gasteiger partial charge in [0.2, 0.25) is 0 Å². The SMILES string of the molecule is COc1ccc(NC(=S)NCCCNc2nc3c(C)cc(C)cc3cc2C#N)cc1. The molecule has 0 atom stereocenters. The largest absolute Gasteiger partial charge is 0.497 e. The van der Waals surface area contributed by atoms with Gasteiger partial charge in [-0.1, -0.05) is 11.6 Å². The molecule has 3 N–H and O–H groups in total. The number of hydrogen-bond donors (Lipinski definition) is 3. The van der Waals surface area contributed by atoms with Crippen molar-refractivity contribution in [1.82, 2.24) is 10.3 Å². The number of ether oxygens (including phenoxy) is 1. The van der Waals surface area contributed by atoms with Crippen molar-refractivity contribution in [1.29, 1.82) is 5.26 Å². The molecule has 0 saturated carbocycles. The summed E-state index contributed by atoms with van der Waals surface area (Å²) in [6.07, 6.45) is 0.821. The summed E-state index contributed by atoms with van der Waals surface area (Å²) in [6.45, 7) is 5.46. The zero-order valence-electron chi connectivity index (χ0n) is 17.4. The number of aryl methyl sites for hydroxylation is 2. The Labute approximate surface area is 182 Å². The van der Waals surface area contributed by atoms with E-state index in [1.54, 1.807) is 7.11 Å². The van der Waals surface area contributed by atoms with Gasteiger partial charge in [-0.25, -0.2) is 4.98 Å². The topological polar surface area (TPSA) is 82.0 Å². The van der Waals surface area contributed by atoms with E-state index in [2.05, 4.69) is 39.1 Å². The van der Waals surface area contributed by atoms with Crippen LogP contribution in [0.25, 0.3) is 10.9 Å². The molecular weight excluding hydrogens is 394 g/mol. The average Bonchev–Trinajstić information content (AvgIpc) is 2.73. The molecule has 0 saturated heterocycles. The normalized spacial score (nSPS) is 10.3. The lowest BCUT2D eigenvalue weighted by molar-refractivity contribution is 0.415. The summed E-state index contributed by atoms with van der Waals surface area (Å²) in [4.78, 5) is 4.69. The Balaban J connectivity index is 1.50. The van der Waals surface area contributed by atoms with Crippen molar-refractivity contribution in [3.05, 3.63) is 59.2 Å². The second-order valence-corrected chi connectivity index (χ2v) is 7.45. The van der Waals surface area contributed by atoms with Gasteiger partial charge in [0.15, 0.2) is 5.11 Å². The van der Waals surface area contributed by atoms with Crippen LogP contribution >= 0.6 is 12.2 Å². The number of hydrogen-bond acceptors (Lipinski definition) is 5. The van der Waals surface area contributed by atoms with Crippen LogP contribution in [0.2, 0.25) is 0 Å². The minimum Gasteiger partial charge on any atom is -0.497 e. The maximum atomic E-state index is 9.49. The van der Waals surface area contributed by atoms with Gasteiger partial charge in [-0.3, -0.25) is 0 Å². The molecule has 0 aliphatic rings. The monoisotopic (exact) mass is 419 g/mol. The highest BCUT2D eigenvalue weighted by Crippen LogP contribution is 2.24. The van der Waals surface area contributed by atoms with E-state index in [0.29, 0.717) is 29.6 Å². The Morgan fingerprint density at radius 3 is 2.60 bits per heavy atom. The van der Waals surface area contributed by atoms with E-state index in [1.807, 2.05) is 44.2 Å². The minimum absolute atomic E-state index is 0.553. The third kappa shape index (κ3) is 5.37. The van der Waals surface area contributed by atoms with Crippen LogP contribution in [0.3, 0.4) is 0 Å². The standard InChI is InChI=1S/C23H25N5OS/c1-15-11-16(2)21-17(12-15)13-18(14-24)22(28-21)25-9-4-10-26-23(30)27-19-5-7-20(29-3)8-6-19/h5-8,11-13H,4,9-10H2,1-3H3,(H,25,28)(H2,26,27,30). The summed E-state index contributed by atoms with van der Waals surface area (Å²) in [5, 5.41) is 20.7. The second-order valence-electron chi connectivity index (χ2n) is 7.04. The maximum Gasteiger partial charge on any atom is 0.170 e. The molecule has 0 spiro atoms. The molecule has 0 aliphatic heterocycles. The first-order valence-electron chi connectivity index (χ1n) is 9.75. The molecule has 0 bridgehead atoms. The summed E-state index contributed by atoms with van der Waals surface area (Å²) in [6, 6.07) is 15.9. The molecule has 0 radical (unpaired) electrons. The molecular formula is C23H25N5OS. The number of nitrogens with one attached hydrogen (secondary N) is 3. The molecule has 3 rings (SSSR count). The average molecular weight is 420 g/mol. The van der Waals surface area contributed by atoms with E-state index >= 15 is 0 Å². The second kappa shape index (κ2) is 9.90. The van der Waals surface area contributed by atoms with Gasteiger partial charge in [-0.15, -0.1) is 0 Å². The summed E-state index contributed by atoms with van der Waals surface area (Å²) in [5.41, 5.74) is 4.64. The van der Waals surface area contributed by atoms with Crippen LogP contribution in [0.5, 0.6) is 5.75 Å². The van der Waals surface area contributed by atoms with Crippen molar-refractivity contribution in [3.8, 4) is 11.8 Å². The molecule has 6 nitrogen and oxygen atoms in total. The third-order valence-corrected chi connectivity index (χ3v) is 4.90. The molecule has 0 unspecified atom stereocenters. The van der Waals surface area contributed by atoms with E-state index in [9.17, 15) is 5.26 Å². The fraction of sp³-hybridized carbons (Fsp3) is 0.261. The quantitative estimate of drug-likeness (QED) is 0.384.